The molecule has 4 rings (SSSR count). The van der Waals surface area contributed by atoms with Crippen LogP contribution in [0.25, 0.3) is 0 Å². The van der Waals surface area contributed by atoms with Gasteiger partial charge >= 0.3 is 0 Å². The molecule has 4 aromatic carbocycles. The van der Waals surface area contributed by atoms with E-state index in [0.29, 0.717) is 28.7 Å². The molecule has 0 saturated carbocycles. The van der Waals surface area contributed by atoms with Gasteiger partial charge in [0.05, 0.1) is 24.3 Å². The number of rotatable bonds is 15. The maximum Gasteiger partial charge on any atom is 0.264 e. The van der Waals surface area contributed by atoms with Crippen LogP contribution in [-0.2, 0) is 32.6 Å². The highest BCUT2D eigenvalue weighted by molar-refractivity contribution is 7.92. The fourth-order valence-corrected chi connectivity index (χ4v) is 6.58. The summed E-state index contributed by atoms with van der Waals surface area (Å²) in [6.45, 7) is 5.42. The third-order valence-corrected chi connectivity index (χ3v) is 9.35. The molecule has 0 saturated heterocycles. The normalized spacial score (nSPS) is 11.9. The largest absolute Gasteiger partial charge is 0.497 e. The molecule has 0 spiro atoms. The lowest BCUT2D eigenvalue weighted by molar-refractivity contribution is -0.140. The van der Waals surface area contributed by atoms with E-state index in [1.807, 2.05) is 57.2 Å². The molecule has 0 heterocycles. The highest BCUT2D eigenvalue weighted by Gasteiger charge is 2.35. The fourth-order valence-electron chi connectivity index (χ4n) is 5.04. The zero-order chi connectivity index (χ0) is 34.0. The molecule has 1 unspecified atom stereocenters. The number of hydrogen-bond donors (Lipinski definition) is 1. The maximum absolute atomic E-state index is 14.6. The zero-order valence-corrected chi connectivity index (χ0v) is 28.5. The Morgan fingerprint density at radius 3 is 2.13 bits per heavy atom. The Bertz CT molecular complexity index is 1730. The smallest absolute Gasteiger partial charge is 0.264 e. The first kappa shape index (κ1) is 35.3. The number of amides is 2. The molecule has 0 radical (unpaired) electrons. The summed E-state index contributed by atoms with van der Waals surface area (Å²) in [5, 5.41) is 3.33. The van der Waals surface area contributed by atoms with Crippen LogP contribution in [-0.4, -0.2) is 57.5 Å². The van der Waals surface area contributed by atoms with Gasteiger partial charge < -0.3 is 19.7 Å². The van der Waals surface area contributed by atoms with Gasteiger partial charge in [-0.1, -0.05) is 54.1 Å². The van der Waals surface area contributed by atoms with Gasteiger partial charge in [0, 0.05) is 24.0 Å². The number of nitrogens with one attached hydrogen (secondary N) is 1. The van der Waals surface area contributed by atoms with Crippen LogP contribution in [0, 0.1) is 0 Å². The number of carbonyl (C=O) groups excluding carboxylic acids is 2. The lowest BCUT2D eigenvalue weighted by Gasteiger charge is -2.34. The van der Waals surface area contributed by atoms with Gasteiger partial charge in [0.2, 0.25) is 11.8 Å². The SMILES string of the molecule is CCOc1ccc(N(CC(=O)N(Cc2cccc(OC)c2)C(Cc2ccccc2)C(=O)NC(C)C)S(=O)(=O)c2ccc(Cl)cc2)cc1. The monoisotopic (exact) mass is 677 g/mol. The summed E-state index contributed by atoms with van der Waals surface area (Å²) in [6, 6.07) is 27.7. The predicted molar refractivity (Wildman–Crippen MR) is 184 cm³/mol. The molecule has 9 nitrogen and oxygen atoms in total. The van der Waals surface area contributed by atoms with Crippen molar-refractivity contribution in [2.75, 3.05) is 24.6 Å². The Kier molecular flexibility index (Phi) is 12.3. The van der Waals surface area contributed by atoms with Crippen LogP contribution in [0.5, 0.6) is 11.5 Å². The second kappa shape index (κ2) is 16.3. The Morgan fingerprint density at radius 1 is 0.851 bits per heavy atom. The number of anilines is 1. The van der Waals surface area contributed by atoms with Crippen LogP contribution in [0.3, 0.4) is 0 Å². The van der Waals surface area contributed by atoms with E-state index in [2.05, 4.69) is 5.32 Å². The third kappa shape index (κ3) is 9.49. The standard InChI is InChI=1S/C36H40ClN3O6S/c1-5-46-31-18-16-30(17-19-31)40(47(43,44)33-20-14-29(37)15-21-33)25-35(41)39(24-28-12-9-13-32(22-28)45-4)34(36(42)38-26(2)3)23-27-10-7-6-8-11-27/h6-22,26,34H,5,23-25H2,1-4H3,(H,38,42). The number of hydrogen-bond acceptors (Lipinski definition) is 6. The Balaban J connectivity index is 1.81. The topological polar surface area (TPSA) is 105 Å². The Labute approximate surface area is 282 Å². The molecule has 2 amide bonds. The number of nitrogens with zero attached hydrogens (tertiary/aromatic N) is 2. The summed E-state index contributed by atoms with van der Waals surface area (Å²) in [5.74, 6) is 0.217. The van der Waals surface area contributed by atoms with Crippen LogP contribution in [0.15, 0.2) is 108 Å². The molecule has 1 N–H and O–H groups in total. The molecule has 0 aromatic heterocycles. The van der Waals surface area contributed by atoms with Gasteiger partial charge in [-0.2, -0.15) is 0 Å². The van der Waals surface area contributed by atoms with Gasteiger partial charge in [-0.3, -0.25) is 13.9 Å². The second-order valence-electron chi connectivity index (χ2n) is 11.1. The summed E-state index contributed by atoms with van der Waals surface area (Å²) in [6.07, 6.45) is 0.210. The van der Waals surface area contributed by atoms with Gasteiger partial charge in [0.1, 0.15) is 24.1 Å². The van der Waals surface area contributed by atoms with Crippen molar-refractivity contribution in [2.24, 2.45) is 0 Å². The van der Waals surface area contributed by atoms with Crippen molar-refractivity contribution in [1.82, 2.24) is 10.2 Å². The fraction of sp³-hybridized carbons (Fsp3) is 0.278. The van der Waals surface area contributed by atoms with Crippen molar-refractivity contribution in [3.8, 4) is 11.5 Å². The van der Waals surface area contributed by atoms with E-state index in [4.69, 9.17) is 21.1 Å². The van der Waals surface area contributed by atoms with Gasteiger partial charge in [0.15, 0.2) is 0 Å². The van der Waals surface area contributed by atoms with Gasteiger partial charge in [-0.05, 0) is 92.6 Å². The number of halogens is 1. The summed E-state index contributed by atoms with van der Waals surface area (Å²) in [4.78, 5) is 29.8. The van der Waals surface area contributed by atoms with E-state index in [9.17, 15) is 18.0 Å². The summed E-state index contributed by atoms with van der Waals surface area (Å²) in [7, 11) is -2.72. The van der Waals surface area contributed by atoms with E-state index in [0.717, 1.165) is 9.87 Å². The maximum atomic E-state index is 14.6. The average molecular weight is 678 g/mol. The van der Waals surface area contributed by atoms with E-state index >= 15 is 0 Å². The van der Waals surface area contributed by atoms with E-state index in [1.165, 1.54) is 29.2 Å². The van der Waals surface area contributed by atoms with Crippen molar-refractivity contribution < 1.29 is 27.5 Å². The quantitative estimate of drug-likeness (QED) is 0.163. The van der Waals surface area contributed by atoms with E-state index < -0.39 is 28.5 Å². The minimum absolute atomic E-state index is 0.0250. The number of benzene rings is 4. The highest BCUT2D eigenvalue weighted by Crippen LogP contribution is 2.28. The highest BCUT2D eigenvalue weighted by atomic mass is 35.5. The molecular weight excluding hydrogens is 638 g/mol. The molecule has 47 heavy (non-hydrogen) atoms. The lowest BCUT2D eigenvalue weighted by atomic mass is 10.0. The number of carbonyl (C=O) groups is 2. The predicted octanol–water partition coefficient (Wildman–Crippen LogP) is 6.11. The molecule has 0 bridgehead atoms. The van der Waals surface area contributed by atoms with Crippen LogP contribution in [0.2, 0.25) is 5.02 Å². The van der Waals surface area contributed by atoms with Crippen molar-refractivity contribution in [1.29, 1.82) is 0 Å². The minimum Gasteiger partial charge on any atom is -0.497 e. The summed E-state index contributed by atoms with van der Waals surface area (Å²) >= 11 is 6.07. The average Bonchev–Trinajstić information content (AvgIpc) is 3.06. The molecular formula is C36H40ClN3O6S. The first-order valence-corrected chi connectivity index (χ1v) is 17.1. The molecule has 0 aliphatic heterocycles. The molecule has 0 fully saturated rings. The number of methoxy groups -OCH3 is 1. The second-order valence-corrected chi connectivity index (χ2v) is 13.4. The van der Waals surface area contributed by atoms with Crippen LogP contribution in [0.4, 0.5) is 5.69 Å². The Morgan fingerprint density at radius 2 is 1.51 bits per heavy atom. The molecule has 1 atom stereocenters. The van der Waals surface area contributed by atoms with Crippen molar-refractivity contribution in [2.45, 2.75) is 50.7 Å². The van der Waals surface area contributed by atoms with Crippen molar-refractivity contribution >= 4 is 39.1 Å². The van der Waals surface area contributed by atoms with Crippen LogP contribution in [0.1, 0.15) is 31.9 Å². The van der Waals surface area contributed by atoms with Crippen LogP contribution < -0.4 is 19.1 Å². The molecule has 0 aliphatic carbocycles. The lowest BCUT2D eigenvalue weighted by Crippen LogP contribution is -2.54. The first-order valence-electron chi connectivity index (χ1n) is 15.3. The van der Waals surface area contributed by atoms with E-state index in [1.54, 1.807) is 49.6 Å². The van der Waals surface area contributed by atoms with Gasteiger partial charge in [0.25, 0.3) is 10.0 Å². The molecule has 4 aromatic rings. The van der Waals surface area contributed by atoms with Gasteiger partial charge in [-0.25, -0.2) is 8.42 Å². The number of ether oxygens (including phenoxy) is 2. The zero-order valence-electron chi connectivity index (χ0n) is 26.9. The number of sulfonamides is 1. The first-order chi connectivity index (χ1) is 22.5. The molecule has 0 aliphatic rings. The van der Waals surface area contributed by atoms with Crippen molar-refractivity contribution in [3.05, 3.63) is 119 Å². The van der Waals surface area contributed by atoms with E-state index in [-0.39, 0.29) is 35.5 Å². The molecule has 248 valence electrons. The summed E-state index contributed by atoms with van der Waals surface area (Å²) in [5.41, 5.74) is 1.81. The van der Waals surface area contributed by atoms with Gasteiger partial charge in [-0.15, -0.1) is 0 Å². The van der Waals surface area contributed by atoms with Crippen molar-refractivity contribution in [3.63, 3.8) is 0 Å². The van der Waals surface area contributed by atoms with Crippen LogP contribution >= 0.6 is 11.6 Å². The summed E-state index contributed by atoms with van der Waals surface area (Å²) < 4.78 is 40.4. The minimum atomic E-state index is -4.27. The molecule has 11 heteroatoms. The Hall–Kier alpha value is -4.54. The third-order valence-electron chi connectivity index (χ3n) is 7.31.